The van der Waals surface area contributed by atoms with Crippen LogP contribution in [0.3, 0.4) is 0 Å². The van der Waals surface area contributed by atoms with Gasteiger partial charge >= 0.3 is 10.2 Å². The van der Waals surface area contributed by atoms with Crippen molar-refractivity contribution in [1.82, 2.24) is 9.62 Å². The first kappa shape index (κ1) is 23.4. The van der Waals surface area contributed by atoms with Gasteiger partial charge in [-0.15, -0.1) is 0 Å². The van der Waals surface area contributed by atoms with Crippen molar-refractivity contribution < 1.29 is 17.6 Å². The van der Waals surface area contributed by atoms with Crippen LogP contribution in [0.4, 0.5) is 10.1 Å². The van der Waals surface area contributed by atoms with E-state index in [9.17, 15) is 17.6 Å². The maximum Gasteiger partial charge on any atom is 0.303 e. The van der Waals surface area contributed by atoms with E-state index in [1.165, 1.54) is 32.3 Å². The predicted octanol–water partition coefficient (Wildman–Crippen LogP) is 3.88. The second-order valence-corrected chi connectivity index (χ2v) is 9.68. The van der Waals surface area contributed by atoms with Crippen LogP contribution in [0.15, 0.2) is 72.8 Å². The van der Waals surface area contributed by atoms with Gasteiger partial charge < -0.3 is 5.32 Å². The molecule has 0 aliphatic rings. The van der Waals surface area contributed by atoms with Gasteiger partial charge in [-0.05, 0) is 42.3 Å². The molecule has 1 N–H and O–H groups in total. The zero-order chi connectivity index (χ0) is 23.3. The van der Waals surface area contributed by atoms with Crippen LogP contribution >= 0.6 is 0 Å². The number of nitrogens with one attached hydrogen (secondary N) is 1. The molecule has 0 bridgehead atoms. The average molecular weight is 456 g/mol. The van der Waals surface area contributed by atoms with Crippen molar-refractivity contribution in [2.45, 2.75) is 20.0 Å². The third-order valence-electron chi connectivity index (χ3n) is 4.98. The van der Waals surface area contributed by atoms with Crippen LogP contribution in [0.2, 0.25) is 0 Å². The first-order chi connectivity index (χ1) is 15.2. The lowest BCUT2D eigenvalue weighted by molar-refractivity contribution is 0.0951. The topological polar surface area (TPSA) is 69.7 Å². The largest absolute Gasteiger partial charge is 0.348 e. The van der Waals surface area contributed by atoms with Crippen molar-refractivity contribution in [2.75, 3.05) is 18.4 Å². The van der Waals surface area contributed by atoms with Gasteiger partial charge in [0.05, 0.1) is 12.2 Å². The Morgan fingerprint density at radius 3 is 2.09 bits per heavy atom. The molecule has 32 heavy (non-hydrogen) atoms. The monoisotopic (exact) mass is 455 g/mol. The predicted molar refractivity (Wildman–Crippen MR) is 124 cm³/mol. The number of rotatable bonds is 8. The summed E-state index contributed by atoms with van der Waals surface area (Å²) in [4.78, 5) is 12.5. The lowest BCUT2D eigenvalue weighted by atomic mass is 10.1. The zero-order valence-corrected chi connectivity index (χ0v) is 19.1. The molecule has 0 fully saturated rings. The minimum absolute atomic E-state index is 0.0406. The molecule has 8 heteroatoms. The summed E-state index contributed by atoms with van der Waals surface area (Å²) in [6, 6.07) is 20.2. The summed E-state index contributed by atoms with van der Waals surface area (Å²) in [5, 5.41) is 2.87. The van der Waals surface area contributed by atoms with Crippen molar-refractivity contribution in [3.63, 3.8) is 0 Å². The highest BCUT2D eigenvalue weighted by molar-refractivity contribution is 7.90. The summed E-state index contributed by atoms with van der Waals surface area (Å²) in [5.41, 5.74) is 3.18. The molecule has 3 aromatic rings. The molecule has 0 saturated carbocycles. The molecule has 6 nitrogen and oxygen atoms in total. The molecule has 0 aliphatic heterocycles. The first-order valence-electron chi connectivity index (χ1n) is 10.1. The minimum Gasteiger partial charge on any atom is -0.348 e. The number of hydrogen-bond donors (Lipinski definition) is 1. The molecule has 168 valence electrons. The number of amides is 1. The van der Waals surface area contributed by atoms with E-state index >= 15 is 0 Å². The maximum absolute atomic E-state index is 14.4. The van der Waals surface area contributed by atoms with Crippen LogP contribution in [-0.2, 0) is 23.3 Å². The molecule has 3 aromatic carbocycles. The van der Waals surface area contributed by atoms with Gasteiger partial charge in [0.1, 0.15) is 5.82 Å². The maximum atomic E-state index is 14.4. The van der Waals surface area contributed by atoms with Crippen LogP contribution in [0, 0.1) is 12.7 Å². The summed E-state index contributed by atoms with van der Waals surface area (Å²) in [5.74, 6) is -0.867. The number of halogens is 1. The third kappa shape index (κ3) is 5.52. The average Bonchev–Trinajstić information content (AvgIpc) is 2.77. The number of carbonyl (C=O) groups is 1. The Bertz CT molecular complexity index is 1180. The number of hydrogen-bond acceptors (Lipinski definition) is 3. The highest BCUT2D eigenvalue weighted by atomic mass is 32.2. The van der Waals surface area contributed by atoms with Gasteiger partial charge in [-0.25, -0.2) is 4.39 Å². The van der Waals surface area contributed by atoms with Gasteiger partial charge in [0.15, 0.2) is 0 Å². The second kappa shape index (κ2) is 9.93. The van der Waals surface area contributed by atoms with E-state index < -0.39 is 16.0 Å². The van der Waals surface area contributed by atoms with Crippen LogP contribution in [0.5, 0.6) is 0 Å². The number of nitrogens with zero attached hydrogens (tertiary/aromatic N) is 2. The number of anilines is 1. The van der Waals surface area contributed by atoms with Crippen LogP contribution in [0.25, 0.3) is 0 Å². The third-order valence-corrected chi connectivity index (χ3v) is 6.78. The smallest absolute Gasteiger partial charge is 0.303 e. The van der Waals surface area contributed by atoms with Gasteiger partial charge in [0.25, 0.3) is 5.91 Å². The Balaban J connectivity index is 1.75. The van der Waals surface area contributed by atoms with E-state index in [0.29, 0.717) is 17.7 Å². The van der Waals surface area contributed by atoms with Crippen molar-refractivity contribution in [3.8, 4) is 0 Å². The molecule has 0 radical (unpaired) electrons. The van der Waals surface area contributed by atoms with Crippen molar-refractivity contribution in [2.24, 2.45) is 0 Å². The lowest BCUT2D eigenvalue weighted by Crippen LogP contribution is -2.40. The van der Waals surface area contributed by atoms with Crippen LogP contribution in [0.1, 0.15) is 27.0 Å². The van der Waals surface area contributed by atoms with Crippen LogP contribution < -0.4 is 9.62 Å². The van der Waals surface area contributed by atoms with Crippen LogP contribution in [-0.4, -0.2) is 32.7 Å². The summed E-state index contributed by atoms with van der Waals surface area (Å²) in [7, 11) is -1.15. The van der Waals surface area contributed by atoms with Crippen molar-refractivity contribution >= 4 is 21.8 Å². The molecule has 0 spiro atoms. The van der Waals surface area contributed by atoms with Gasteiger partial charge in [-0.1, -0.05) is 54.1 Å². The molecular formula is C24H26FN3O3S. The van der Waals surface area contributed by atoms with E-state index in [1.807, 2.05) is 31.2 Å². The van der Waals surface area contributed by atoms with Gasteiger partial charge in [0, 0.05) is 26.2 Å². The lowest BCUT2D eigenvalue weighted by Gasteiger charge is -2.27. The number of para-hydroxylation sites is 1. The fourth-order valence-corrected chi connectivity index (χ4v) is 4.16. The molecule has 0 aromatic heterocycles. The van der Waals surface area contributed by atoms with Gasteiger partial charge in [-0.2, -0.15) is 12.7 Å². The molecule has 3 rings (SSSR count). The minimum atomic E-state index is -3.93. The normalized spacial score (nSPS) is 11.4. The fourth-order valence-electron chi connectivity index (χ4n) is 3.06. The van der Waals surface area contributed by atoms with E-state index in [-0.39, 0.29) is 18.1 Å². The SMILES string of the molecule is Cc1ccc(CNC(=O)c2ccc(CN(c3ccccc3F)S(=O)(=O)N(C)C)cc2)cc1. The summed E-state index contributed by atoms with van der Waals surface area (Å²) < 4.78 is 42.1. The molecule has 0 aliphatic carbocycles. The number of benzene rings is 3. The fraction of sp³-hybridized carbons (Fsp3) is 0.208. The molecule has 0 saturated heterocycles. The Morgan fingerprint density at radius 1 is 0.906 bits per heavy atom. The molecule has 0 atom stereocenters. The first-order valence-corrected chi connectivity index (χ1v) is 11.5. The standard InChI is InChI=1S/C24H26FN3O3S/c1-18-8-10-19(11-9-18)16-26-24(29)21-14-12-20(13-15-21)17-28(32(30,31)27(2)3)23-7-5-4-6-22(23)25/h4-15H,16-17H2,1-3H3,(H,26,29). The molecule has 1 amide bonds. The van der Waals surface area contributed by atoms with E-state index in [4.69, 9.17) is 0 Å². The van der Waals surface area contributed by atoms with Crippen molar-refractivity contribution in [3.05, 3.63) is 101 Å². The summed E-state index contributed by atoms with van der Waals surface area (Å²) in [6.45, 7) is 2.33. The molecule has 0 heterocycles. The number of carbonyl (C=O) groups excluding carboxylic acids is 1. The Hall–Kier alpha value is -3.23. The van der Waals surface area contributed by atoms with E-state index in [1.54, 1.807) is 30.3 Å². The Labute approximate surface area is 188 Å². The van der Waals surface area contributed by atoms with Gasteiger partial charge in [-0.3, -0.25) is 9.10 Å². The van der Waals surface area contributed by atoms with Crippen molar-refractivity contribution in [1.29, 1.82) is 0 Å². The summed E-state index contributed by atoms with van der Waals surface area (Å²) in [6.07, 6.45) is 0. The Kier molecular flexibility index (Phi) is 7.27. The highest BCUT2D eigenvalue weighted by Gasteiger charge is 2.27. The number of aryl methyl sites for hydroxylation is 1. The van der Waals surface area contributed by atoms with Gasteiger partial charge in [0.2, 0.25) is 0 Å². The highest BCUT2D eigenvalue weighted by Crippen LogP contribution is 2.25. The molecular weight excluding hydrogens is 429 g/mol. The van der Waals surface area contributed by atoms with E-state index in [0.717, 1.165) is 19.7 Å². The quantitative estimate of drug-likeness (QED) is 0.561. The molecule has 0 unspecified atom stereocenters. The zero-order valence-electron chi connectivity index (χ0n) is 18.2. The van der Waals surface area contributed by atoms with E-state index in [2.05, 4.69) is 5.32 Å². The summed E-state index contributed by atoms with van der Waals surface area (Å²) >= 11 is 0. The second-order valence-electron chi connectivity index (χ2n) is 7.61. The Morgan fingerprint density at radius 2 is 1.50 bits per heavy atom.